The maximum absolute atomic E-state index is 9.86. The van der Waals surface area contributed by atoms with Crippen LogP contribution < -0.4 is 0 Å². The molecule has 1 N–H and O–H groups in total. The van der Waals surface area contributed by atoms with Crippen LogP contribution in [0.3, 0.4) is 0 Å². The van der Waals surface area contributed by atoms with Gasteiger partial charge in [0.05, 0.1) is 6.10 Å². The Hall–Kier alpha value is -1.12. The van der Waals surface area contributed by atoms with Crippen LogP contribution in [0.4, 0.5) is 0 Å². The molecule has 0 aromatic heterocycles. The van der Waals surface area contributed by atoms with Gasteiger partial charge in [-0.15, -0.1) is 0 Å². The monoisotopic (exact) mass is 247 g/mol. The van der Waals surface area contributed by atoms with Gasteiger partial charge in [-0.2, -0.15) is 0 Å². The smallest absolute Gasteiger partial charge is 0.0577 e. The predicted octanol–water partition coefficient (Wildman–Crippen LogP) is 2.88. The van der Waals surface area contributed by atoms with E-state index in [1.165, 1.54) is 5.56 Å². The van der Waals surface area contributed by atoms with Gasteiger partial charge in [0.15, 0.2) is 0 Å². The van der Waals surface area contributed by atoms with E-state index in [0.717, 1.165) is 32.2 Å². The summed E-state index contributed by atoms with van der Waals surface area (Å²) < 4.78 is 0. The van der Waals surface area contributed by atoms with Crippen molar-refractivity contribution < 1.29 is 5.11 Å². The van der Waals surface area contributed by atoms with Gasteiger partial charge < -0.3 is 10.0 Å². The van der Waals surface area contributed by atoms with Crippen molar-refractivity contribution >= 4 is 0 Å². The summed E-state index contributed by atoms with van der Waals surface area (Å²) in [6.07, 6.45) is 7.64. The summed E-state index contributed by atoms with van der Waals surface area (Å²) >= 11 is 0. The summed E-state index contributed by atoms with van der Waals surface area (Å²) in [6, 6.07) is 10.3. The van der Waals surface area contributed by atoms with Gasteiger partial charge in [0.2, 0.25) is 0 Å². The molecule has 0 spiro atoms. The van der Waals surface area contributed by atoms with Gasteiger partial charge in [0.1, 0.15) is 0 Å². The van der Waals surface area contributed by atoms with Crippen LogP contribution in [0.1, 0.15) is 24.8 Å². The lowest BCUT2D eigenvalue weighted by atomic mass is 10.0. The van der Waals surface area contributed by atoms with Crippen LogP contribution >= 0.6 is 0 Å². The third-order valence-corrected chi connectivity index (χ3v) is 2.93. The lowest BCUT2D eigenvalue weighted by Gasteiger charge is -2.08. The third kappa shape index (κ3) is 7.25. The fraction of sp³-hybridized carbons (Fsp3) is 0.500. The van der Waals surface area contributed by atoms with E-state index in [0.29, 0.717) is 0 Å². The fourth-order valence-corrected chi connectivity index (χ4v) is 1.80. The summed E-state index contributed by atoms with van der Waals surface area (Å²) in [4.78, 5) is 2.16. The maximum atomic E-state index is 9.86. The second-order valence-electron chi connectivity index (χ2n) is 4.98. The zero-order valence-electron chi connectivity index (χ0n) is 11.5. The van der Waals surface area contributed by atoms with Gasteiger partial charge in [-0.3, -0.25) is 0 Å². The van der Waals surface area contributed by atoms with E-state index in [1.807, 2.05) is 18.2 Å². The van der Waals surface area contributed by atoms with Crippen molar-refractivity contribution in [2.75, 3.05) is 20.6 Å². The molecule has 0 heterocycles. The molecule has 0 aliphatic heterocycles. The molecule has 1 aromatic carbocycles. The van der Waals surface area contributed by atoms with Gasteiger partial charge >= 0.3 is 0 Å². The van der Waals surface area contributed by atoms with Crippen LogP contribution in [0, 0.1) is 0 Å². The molecule has 0 aliphatic carbocycles. The van der Waals surface area contributed by atoms with Crippen molar-refractivity contribution in [3.05, 3.63) is 48.0 Å². The van der Waals surface area contributed by atoms with Crippen molar-refractivity contribution in [2.45, 2.75) is 31.8 Å². The van der Waals surface area contributed by atoms with Gasteiger partial charge in [0, 0.05) is 6.54 Å². The van der Waals surface area contributed by atoms with Crippen LogP contribution in [-0.4, -0.2) is 36.8 Å². The Morgan fingerprint density at radius 1 is 1.17 bits per heavy atom. The second-order valence-corrected chi connectivity index (χ2v) is 4.98. The largest absolute Gasteiger partial charge is 0.393 e. The molecule has 18 heavy (non-hydrogen) atoms. The zero-order valence-corrected chi connectivity index (χ0v) is 11.5. The van der Waals surface area contributed by atoms with Gasteiger partial charge in [-0.1, -0.05) is 42.5 Å². The predicted molar refractivity (Wildman–Crippen MR) is 77.7 cm³/mol. The van der Waals surface area contributed by atoms with Crippen molar-refractivity contribution in [1.29, 1.82) is 0 Å². The third-order valence-electron chi connectivity index (χ3n) is 2.93. The van der Waals surface area contributed by atoms with Crippen LogP contribution in [0.15, 0.2) is 42.5 Å². The number of hydrogen-bond acceptors (Lipinski definition) is 2. The van der Waals surface area contributed by atoms with E-state index in [1.54, 1.807) is 0 Å². The average molecular weight is 247 g/mol. The number of rotatable bonds is 8. The molecule has 0 amide bonds. The molecule has 0 radical (unpaired) electrons. The molecule has 1 unspecified atom stereocenters. The van der Waals surface area contributed by atoms with Crippen molar-refractivity contribution in [3.8, 4) is 0 Å². The topological polar surface area (TPSA) is 23.5 Å². The number of aryl methyl sites for hydroxylation is 1. The Labute approximate surface area is 111 Å². The Balaban J connectivity index is 2.12. The lowest BCUT2D eigenvalue weighted by molar-refractivity contribution is 0.168. The molecule has 0 bridgehead atoms. The molecule has 1 aromatic rings. The standard InChI is InChI=1S/C16H25NO/c1-17(2)14-8-4-7-11-16(18)13-12-15-9-5-3-6-10-15/h3-7,9-10,16,18H,8,11-14H2,1-2H3/b7-4+. The molecule has 2 heteroatoms. The summed E-state index contributed by atoms with van der Waals surface area (Å²) in [7, 11) is 4.14. The quantitative estimate of drug-likeness (QED) is 0.714. The first-order chi connectivity index (χ1) is 8.68. The first kappa shape index (κ1) is 14.9. The Morgan fingerprint density at radius 3 is 2.56 bits per heavy atom. The van der Waals surface area contributed by atoms with Crippen molar-refractivity contribution in [1.82, 2.24) is 4.90 Å². The number of hydrogen-bond donors (Lipinski definition) is 1. The minimum Gasteiger partial charge on any atom is -0.393 e. The molecule has 100 valence electrons. The summed E-state index contributed by atoms with van der Waals surface area (Å²) in [5.74, 6) is 0. The van der Waals surface area contributed by atoms with E-state index >= 15 is 0 Å². The number of nitrogens with zero attached hydrogens (tertiary/aromatic N) is 1. The minimum absolute atomic E-state index is 0.221. The van der Waals surface area contributed by atoms with Crippen LogP contribution in [0.25, 0.3) is 0 Å². The number of aliphatic hydroxyl groups excluding tert-OH is 1. The molecule has 2 nitrogen and oxygen atoms in total. The molecular weight excluding hydrogens is 222 g/mol. The van der Waals surface area contributed by atoms with E-state index in [-0.39, 0.29) is 6.10 Å². The fourth-order valence-electron chi connectivity index (χ4n) is 1.80. The van der Waals surface area contributed by atoms with Gasteiger partial charge in [0.25, 0.3) is 0 Å². The van der Waals surface area contributed by atoms with Crippen LogP contribution in [0.5, 0.6) is 0 Å². The molecule has 0 saturated heterocycles. The molecule has 0 fully saturated rings. The minimum atomic E-state index is -0.221. The van der Waals surface area contributed by atoms with E-state index < -0.39 is 0 Å². The zero-order chi connectivity index (χ0) is 13.2. The van der Waals surface area contributed by atoms with Gasteiger partial charge in [-0.25, -0.2) is 0 Å². The molecule has 1 atom stereocenters. The molecule has 0 aliphatic rings. The molecular formula is C16H25NO. The average Bonchev–Trinajstić information content (AvgIpc) is 2.37. The normalized spacial score (nSPS) is 13.3. The maximum Gasteiger partial charge on any atom is 0.0577 e. The Kier molecular flexibility index (Phi) is 7.38. The van der Waals surface area contributed by atoms with Crippen molar-refractivity contribution in [2.24, 2.45) is 0 Å². The van der Waals surface area contributed by atoms with Crippen LogP contribution in [-0.2, 0) is 6.42 Å². The lowest BCUT2D eigenvalue weighted by Crippen LogP contribution is -2.12. The Morgan fingerprint density at radius 2 is 1.89 bits per heavy atom. The highest BCUT2D eigenvalue weighted by molar-refractivity contribution is 5.14. The summed E-state index contributed by atoms with van der Waals surface area (Å²) in [5, 5.41) is 9.86. The highest BCUT2D eigenvalue weighted by Crippen LogP contribution is 2.07. The highest BCUT2D eigenvalue weighted by Gasteiger charge is 2.01. The van der Waals surface area contributed by atoms with E-state index in [2.05, 4.69) is 43.3 Å². The molecule has 0 saturated carbocycles. The first-order valence-corrected chi connectivity index (χ1v) is 6.70. The number of benzene rings is 1. The summed E-state index contributed by atoms with van der Waals surface area (Å²) in [6.45, 7) is 1.07. The van der Waals surface area contributed by atoms with Crippen molar-refractivity contribution in [3.63, 3.8) is 0 Å². The first-order valence-electron chi connectivity index (χ1n) is 6.70. The Bertz CT molecular complexity index is 332. The highest BCUT2D eigenvalue weighted by atomic mass is 16.3. The summed E-state index contributed by atoms with van der Waals surface area (Å²) in [5.41, 5.74) is 1.30. The SMILES string of the molecule is CN(C)CC/C=C/CC(O)CCc1ccccc1. The van der Waals surface area contributed by atoms with E-state index in [4.69, 9.17) is 0 Å². The van der Waals surface area contributed by atoms with Crippen LogP contribution in [0.2, 0.25) is 0 Å². The molecule has 1 rings (SSSR count). The van der Waals surface area contributed by atoms with E-state index in [9.17, 15) is 5.11 Å². The second kappa shape index (κ2) is 8.90. The number of aliphatic hydroxyl groups is 1. The van der Waals surface area contributed by atoms with Gasteiger partial charge in [-0.05, 0) is 45.3 Å².